The van der Waals surface area contributed by atoms with Crippen LogP contribution < -0.4 is 0 Å². The van der Waals surface area contributed by atoms with E-state index in [0.717, 1.165) is 18.6 Å². The van der Waals surface area contributed by atoms with Gasteiger partial charge in [0.2, 0.25) is 5.91 Å². The lowest BCUT2D eigenvalue weighted by molar-refractivity contribution is -0.155. The Morgan fingerprint density at radius 3 is 2.30 bits per heavy atom. The molecule has 27 heavy (non-hydrogen) atoms. The van der Waals surface area contributed by atoms with Crippen LogP contribution in [0.2, 0.25) is 37.8 Å². The van der Waals surface area contributed by atoms with Gasteiger partial charge in [-0.2, -0.15) is 11.8 Å². The van der Waals surface area contributed by atoms with Gasteiger partial charge in [0.15, 0.2) is 16.6 Å². The minimum Gasteiger partial charge on any atom is -0.413 e. The van der Waals surface area contributed by atoms with Crippen molar-refractivity contribution in [2.45, 2.75) is 102 Å². The summed E-state index contributed by atoms with van der Waals surface area (Å²) in [6.45, 7) is 19.8. The molecule has 4 atom stereocenters. The van der Waals surface area contributed by atoms with E-state index in [1.807, 2.05) is 6.92 Å². The number of carbonyl (C=O) groups excluding carboxylic acids is 2. The molecule has 0 aromatic heterocycles. The maximum atomic E-state index is 13.1. The molecule has 1 amide bonds. The SMILES string of the molecule is C[C@@H](O[Si](C)(C)C(C)(C)C)[C@H]1C(=O)N([Si](C)(C)C)[C@@H]1CC(=O)[C@@H]1CCCS1. The molecule has 2 aliphatic heterocycles. The number of hydrogen-bond acceptors (Lipinski definition) is 4. The van der Waals surface area contributed by atoms with Gasteiger partial charge < -0.3 is 8.99 Å². The Hall–Kier alpha value is -0.116. The molecule has 0 spiro atoms. The van der Waals surface area contributed by atoms with Crippen LogP contribution >= 0.6 is 11.8 Å². The van der Waals surface area contributed by atoms with Gasteiger partial charge in [-0.1, -0.05) is 40.4 Å². The van der Waals surface area contributed by atoms with E-state index in [1.54, 1.807) is 11.8 Å². The van der Waals surface area contributed by atoms with Gasteiger partial charge in [-0.3, -0.25) is 9.59 Å². The van der Waals surface area contributed by atoms with Gasteiger partial charge in [-0.15, -0.1) is 0 Å². The Balaban J connectivity index is 2.17. The Bertz CT molecular complexity index is 577. The molecule has 2 heterocycles. The first-order valence-electron chi connectivity index (χ1n) is 10.3. The largest absolute Gasteiger partial charge is 0.413 e. The molecule has 2 saturated heterocycles. The van der Waals surface area contributed by atoms with Crippen LogP contribution in [0, 0.1) is 5.92 Å². The standard InChI is InChI=1S/C20H39NO3SSi2/c1-14(24-27(8,9)20(2,3)4)18-15(21(19(18)23)26(5,6)7)13-16(22)17-11-10-12-25-17/h14-15,17-18H,10-13H2,1-9H3/t14-,15-,17+,18-/m1/s1. The first kappa shape index (κ1) is 23.2. The third-order valence-electron chi connectivity index (χ3n) is 6.48. The molecule has 0 N–H and O–H groups in total. The van der Waals surface area contributed by atoms with Gasteiger partial charge in [0.25, 0.3) is 0 Å². The summed E-state index contributed by atoms with van der Waals surface area (Å²) in [6.07, 6.45) is 2.51. The van der Waals surface area contributed by atoms with E-state index < -0.39 is 16.6 Å². The first-order chi connectivity index (χ1) is 12.2. The number of hydrogen-bond donors (Lipinski definition) is 0. The highest BCUT2D eigenvalue weighted by Gasteiger charge is 2.56. The summed E-state index contributed by atoms with van der Waals surface area (Å²) in [5.74, 6) is 1.47. The summed E-state index contributed by atoms with van der Waals surface area (Å²) < 4.78 is 8.64. The molecule has 4 nitrogen and oxygen atoms in total. The molecule has 0 radical (unpaired) electrons. The van der Waals surface area contributed by atoms with Crippen LogP contribution in [-0.2, 0) is 14.0 Å². The maximum absolute atomic E-state index is 13.1. The van der Waals surface area contributed by atoms with Crippen LogP contribution in [0.1, 0.15) is 47.0 Å². The predicted molar refractivity (Wildman–Crippen MR) is 120 cm³/mol. The van der Waals surface area contributed by atoms with Crippen LogP contribution in [0.5, 0.6) is 0 Å². The monoisotopic (exact) mass is 429 g/mol. The van der Waals surface area contributed by atoms with Gasteiger partial charge in [0.05, 0.1) is 17.3 Å². The summed E-state index contributed by atoms with van der Waals surface area (Å²) in [5, 5.41) is 0.250. The molecule has 156 valence electrons. The number of carbonyl (C=O) groups is 2. The number of nitrogens with zero attached hydrogens (tertiary/aromatic N) is 1. The van der Waals surface area contributed by atoms with Crippen LogP contribution in [0.4, 0.5) is 0 Å². The van der Waals surface area contributed by atoms with Crippen LogP contribution in [0.15, 0.2) is 0 Å². The van der Waals surface area contributed by atoms with Crippen molar-refractivity contribution in [3.8, 4) is 0 Å². The molecule has 0 bridgehead atoms. The van der Waals surface area contributed by atoms with Gasteiger partial charge in [-0.25, -0.2) is 0 Å². The maximum Gasteiger partial charge on any atom is 0.222 e. The smallest absolute Gasteiger partial charge is 0.222 e. The average molecular weight is 430 g/mol. The van der Waals surface area contributed by atoms with Gasteiger partial charge in [-0.05, 0) is 43.7 Å². The Morgan fingerprint density at radius 2 is 1.85 bits per heavy atom. The van der Waals surface area contributed by atoms with Crippen molar-refractivity contribution in [1.29, 1.82) is 0 Å². The predicted octanol–water partition coefficient (Wildman–Crippen LogP) is 4.91. The fourth-order valence-corrected chi connectivity index (χ4v) is 8.73. The molecule has 0 saturated carbocycles. The molecule has 0 aromatic carbocycles. The number of amides is 1. The second-order valence-corrected chi connectivity index (χ2v) is 21.6. The van der Waals surface area contributed by atoms with Gasteiger partial charge in [0, 0.05) is 12.5 Å². The lowest BCUT2D eigenvalue weighted by Crippen LogP contribution is -2.72. The number of β-lactam (4-membered cyclic amide) rings is 1. The zero-order chi connectivity index (χ0) is 20.8. The van der Waals surface area contributed by atoms with Crippen molar-refractivity contribution in [3.63, 3.8) is 0 Å². The van der Waals surface area contributed by atoms with Crippen molar-refractivity contribution in [2.24, 2.45) is 5.92 Å². The second kappa shape index (κ2) is 7.96. The fraction of sp³-hybridized carbons (Fsp3) is 0.900. The minimum absolute atomic E-state index is 0.0256. The Kier molecular flexibility index (Phi) is 6.83. The van der Waals surface area contributed by atoms with Crippen molar-refractivity contribution in [1.82, 2.24) is 4.57 Å². The van der Waals surface area contributed by atoms with E-state index in [1.165, 1.54) is 0 Å². The quantitative estimate of drug-likeness (QED) is 0.426. The molecule has 2 fully saturated rings. The molecule has 7 heteroatoms. The van der Waals surface area contributed by atoms with Gasteiger partial charge >= 0.3 is 0 Å². The van der Waals surface area contributed by atoms with Crippen LogP contribution in [-0.4, -0.2) is 56.0 Å². The van der Waals surface area contributed by atoms with Crippen molar-refractivity contribution in [3.05, 3.63) is 0 Å². The molecular weight excluding hydrogens is 390 g/mol. The van der Waals surface area contributed by atoms with Crippen molar-refractivity contribution >= 4 is 40.0 Å². The zero-order valence-electron chi connectivity index (χ0n) is 18.7. The highest BCUT2D eigenvalue weighted by Crippen LogP contribution is 2.43. The third-order valence-corrected chi connectivity index (χ3v) is 14.5. The Morgan fingerprint density at radius 1 is 1.26 bits per heavy atom. The normalized spacial score (nSPS) is 28.3. The van der Waals surface area contributed by atoms with E-state index in [-0.39, 0.29) is 34.3 Å². The fourth-order valence-electron chi connectivity index (χ4n) is 4.01. The highest BCUT2D eigenvalue weighted by molar-refractivity contribution is 8.00. The average Bonchev–Trinajstić information content (AvgIpc) is 2.96. The zero-order valence-corrected chi connectivity index (χ0v) is 21.5. The van der Waals surface area contributed by atoms with E-state index in [9.17, 15) is 9.59 Å². The van der Waals surface area contributed by atoms with E-state index in [4.69, 9.17) is 4.43 Å². The Labute approximate surface area is 172 Å². The summed E-state index contributed by atoms with van der Waals surface area (Å²) in [4.78, 5) is 25.9. The number of thioether (sulfide) groups is 1. The summed E-state index contributed by atoms with van der Waals surface area (Å²) in [7, 11) is -3.76. The lowest BCUT2D eigenvalue weighted by Gasteiger charge is -2.56. The minimum atomic E-state index is -1.95. The number of ketones is 1. The topological polar surface area (TPSA) is 46.6 Å². The van der Waals surface area contributed by atoms with E-state index >= 15 is 0 Å². The molecule has 0 aromatic rings. The van der Waals surface area contributed by atoms with Crippen molar-refractivity contribution < 1.29 is 14.0 Å². The summed E-state index contributed by atoms with van der Waals surface area (Å²) >= 11 is 1.79. The number of Topliss-reactive ketones (excluding diaryl/α,β-unsaturated/α-hetero) is 1. The van der Waals surface area contributed by atoms with Crippen molar-refractivity contribution in [2.75, 3.05) is 5.75 Å². The summed E-state index contributed by atoms with van der Waals surface area (Å²) in [5.41, 5.74) is 0. The molecule has 2 aliphatic rings. The van der Waals surface area contributed by atoms with E-state index in [2.05, 4.69) is 58.1 Å². The van der Waals surface area contributed by atoms with E-state index in [0.29, 0.717) is 12.2 Å². The molecule has 0 aliphatic carbocycles. The molecule has 0 unspecified atom stereocenters. The third kappa shape index (κ3) is 4.90. The lowest BCUT2D eigenvalue weighted by atomic mass is 9.82. The van der Waals surface area contributed by atoms with Gasteiger partial charge in [0.1, 0.15) is 5.78 Å². The molecular formula is C20H39NO3SSi2. The van der Waals surface area contributed by atoms with Crippen LogP contribution in [0.25, 0.3) is 0 Å². The second-order valence-electron chi connectivity index (χ2n) is 10.7. The van der Waals surface area contributed by atoms with Crippen LogP contribution in [0.3, 0.4) is 0 Å². The molecule has 2 rings (SSSR count). The number of rotatable bonds is 7. The summed E-state index contributed by atoms with van der Waals surface area (Å²) in [6, 6.07) is 0.0256. The first-order valence-corrected chi connectivity index (χ1v) is 17.7. The highest BCUT2D eigenvalue weighted by atomic mass is 32.2.